The van der Waals surface area contributed by atoms with Crippen LogP contribution in [0.2, 0.25) is 5.02 Å². The number of nitro groups is 1. The van der Waals surface area contributed by atoms with Gasteiger partial charge in [0.25, 0.3) is 11.6 Å². The number of hydrogen-bond donors (Lipinski definition) is 1. The van der Waals surface area contributed by atoms with E-state index in [0.717, 1.165) is 5.56 Å². The zero-order valence-corrected chi connectivity index (χ0v) is 23.6. The molecule has 0 saturated carbocycles. The van der Waals surface area contributed by atoms with Crippen molar-refractivity contribution in [3.8, 4) is 17.2 Å². The second-order valence-electron chi connectivity index (χ2n) is 10.1. The Hall–Kier alpha value is -5.08. The molecule has 5 rings (SSSR count). The van der Waals surface area contributed by atoms with E-state index in [1.54, 1.807) is 30.3 Å². The third-order valence-electron chi connectivity index (χ3n) is 6.75. The molecule has 212 valence electrons. The van der Waals surface area contributed by atoms with Crippen molar-refractivity contribution in [3.05, 3.63) is 147 Å². The Morgan fingerprint density at radius 3 is 2.21 bits per heavy atom. The van der Waals surface area contributed by atoms with Gasteiger partial charge in [0.1, 0.15) is 29.6 Å². The molecule has 1 heterocycles. The summed E-state index contributed by atoms with van der Waals surface area (Å²) >= 11 is 5.91. The van der Waals surface area contributed by atoms with Crippen molar-refractivity contribution in [3.63, 3.8) is 0 Å². The Kier molecular flexibility index (Phi) is 8.26. The molecule has 0 aliphatic rings. The second-order valence-corrected chi connectivity index (χ2v) is 10.5. The first-order valence-electron chi connectivity index (χ1n) is 13.1. The molecule has 0 unspecified atom stereocenters. The van der Waals surface area contributed by atoms with E-state index in [9.17, 15) is 14.9 Å². The van der Waals surface area contributed by atoms with Crippen LogP contribution < -0.4 is 14.8 Å². The van der Waals surface area contributed by atoms with Gasteiger partial charge in [-0.25, -0.2) is 0 Å². The first kappa shape index (κ1) is 28.4. The van der Waals surface area contributed by atoms with E-state index >= 15 is 0 Å². The number of furan rings is 1. The minimum absolute atomic E-state index is 0.0280. The highest BCUT2D eigenvalue weighted by atomic mass is 35.5. The van der Waals surface area contributed by atoms with Crippen LogP contribution in [-0.4, -0.2) is 10.8 Å². The summed E-state index contributed by atoms with van der Waals surface area (Å²) in [4.78, 5) is 23.8. The average molecular weight is 583 g/mol. The SMILES string of the molecule is CC(C)(c1ccccc1)c1ccc(OCc2ccc(C(=O)Nc3cc(Oc4ccc(Cl)cc4)cc([N+](=O)[O-])c3)o2)cc1. The zero-order chi connectivity index (χ0) is 29.7. The fourth-order valence-corrected chi connectivity index (χ4v) is 4.50. The summed E-state index contributed by atoms with van der Waals surface area (Å²) < 4.78 is 17.3. The maximum Gasteiger partial charge on any atom is 0.291 e. The first-order valence-corrected chi connectivity index (χ1v) is 13.5. The lowest BCUT2D eigenvalue weighted by Crippen LogP contribution is -2.18. The molecule has 0 atom stereocenters. The van der Waals surface area contributed by atoms with Crippen LogP contribution in [0.4, 0.5) is 11.4 Å². The van der Waals surface area contributed by atoms with E-state index in [1.807, 2.05) is 42.5 Å². The molecule has 0 saturated heterocycles. The number of benzene rings is 4. The average Bonchev–Trinajstić information content (AvgIpc) is 3.47. The number of amides is 1. The largest absolute Gasteiger partial charge is 0.486 e. The highest BCUT2D eigenvalue weighted by molar-refractivity contribution is 6.30. The molecule has 9 heteroatoms. The van der Waals surface area contributed by atoms with Crippen LogP contribution in [0, 0.1) is 10.1 Å². The molecule has 0 radical (unpaired) electrons. The van der Waals surface area contributed by atoms with Crippen LogP contribution in [-0.2, 0) is 12.0 Å². The van der Waals surface area contributed by atoms with Crippen molar-refractivity contribution in [2.45, 2.75) is 25.9 Å². The van der Waals surface area contributed by atoms with Gasteiger partial charge in [-0.15, -0.1) is 0 Å². The molecule has 1 aromatic heterocycles. The lowest BCUT2D eigenvalue weighted by atomic mass is 9.78. The van der Waals surface area contributed by atoms with Crippen molar-refractivity contribution < 1.29 is 23.6 Å². The van der Waals surface area contributed by atoms with Gasteiger partial charge in [-0.1, -0.05) is 67.9 Å². The third kappa shape index (κ3) is 6.79. The molecule has 0 spiro atoms. The standard InChI is InChI=1S/C33H27ClN2O6/c1-33(2,22-6-4-3-5-7-22)23-8-12-27(13-9-23)40-21-29-16-17-31(42-29)32(37)35-25-18-26(36(38)39)20-30(19-25)41-28-14-10-24(34)11-15-28/h3-20H,21H2,1-2H3,(H,35,37). The molecule has 0 aliphatic heterocycles. The number of carbonyl (C=O) groups excluding carboxylic acids is 1. The summed E-state index contributed by atoms with van der Waals surface area (Å²) in [7, 11) is 0. The topological polar surface area (TPSA) is 104 Å². The summed E-state index contributed by atoms with van der Waals surface area (Å²) in [5.74, 6) is 1.16. The number of halogens is 1. The lowest BCUT2D eigenvalue weighted by Gasteiger charge is -2.26. The van der Waals surface area contributed by atoms with Crippen molar-refractivity contribution in [1.82, 2.24) is 0 Å². The Morgan fingerprint density at radius 1 is 0.857 bits per heavy atom. The molecule has 0 aliphatic carbocycles. The third-order valence-corrected chi connectivity index (χ3v) is 7.00. The summed E-state index contributed by atoms with van der Waals surface area (Å²) in [6.45, 7) is 4.47. The van der Waals surface area contributed by atoms with Gasteiger partial charge in [0.05, 0.1) is 16.7 Å². The lowest BCUT2D eigenvalue weighted by molar-refractivity contribution is -0.384. The van der Waals surface area contributed by atoms with Crippen molar-refractivity contribution in [1.29, 1.82) is 0 Å². The maximum absolute atomic E-state index is 12.9. The number of anilines is 1. The molecular weight excluding hydrogens is 556 g/mol. The van der Waals surface area contributed by atoms with Crippen LogP contribution in [0.1, 0.15) is 41.3 Å². The molecule has 42 heavy (non-hydrogen) atoms. The van der Waals surface area contributed by atoms with Crippen LogP contribution in [0.25, 0.3) is 0 Å². The van der Waals surface area contributed by atoms with Gasteiger partial charge in [-0.3, -0.25) is 14.9 Å². The molecule has 0 fully saturated rings. The quantitative estimate of drug-likeness (QED) is 0.130. The summed E-state index contributed by atoms with van der Waals surface area (Å²) in [6, 6.07) is 31.9. The van der Waals surface area contributed by atoms with Crippen molar-refractivity contribution >= 4 is 28.9 Å². The fourth-order valence-electron chi connectivity index (χ4n) is 4.37. The number of nitro benzene ring substituents is 1. The zero-order valence-electron chi connectivity index (χ0n) is 22.9. The normalized spacial score (nSPS) is 11.1. The molecule has 5 aromatic rings. The van der Waals surface area contributed by atoms with Gasteiger partial charge in [-0.05, 0) is 59.7 Å². The number of hydrogen-bond acceptors (Lipinski definition) is 6. The predicted molar refractivity (Wildman–Crippen MR) is 161 cm³/mol. The van der Waals surface area contributed by atoms with E-state index in [4.69, 9.17) is 25.5 Å². The van der Waals surface area contributed by atoms with E-state index < -0.39 is 10.8 Å². The summed E-state index contributed by atoms with van der Waals surface area (Å²) in [6.07, 6.45) is 0. The molecule has 1 N–H and O–H groups in total. The van der Waals surface area contributed by atoms with E-state index in [-0.39, 0.29) is 34.9 Å². The molecule has 4 aromatic carbocycles. The maximum atomic E-state index is 12.9. The summed E-state index contributed by atoms with van der Waals surface area (Å²) in [5, 5.41) is 14.6. The number of carbonyl (C=O) groups is 1. The Labute approximate surface area is 247 Å². The van der Waals surface area contributed by atoms with Crippen LogP contribution >= 0.6 is 11.6 Å². The number of nitrogens with one attached hydrogen (secondary N) is 1. The number of rotatable bonds is 10. The van der Waals surface area contributed by atoms with Crippen molar-refractivity contribution in [2.75, 3.05) is 5.32 Å². The number of non-ortho nitro benzene ring substituents is 1. The Balaban J connectivity index is 1.22. The number of nitrogens with zero attached hydrogens (tertiary/aromatic N) is 1. The Bertz CT molecular complexity index is 1700. The minimum atomic E-state index is -0.577. The van der Waals surface area contributed by atoms with Crippen LogP contribution in [0.5, 0.6) is 17.2 Å². The molecule has 0 bridgehead atoms. The smallest absolute Gasteiger partial charge is 0.291 e. The molecular formula is C33H27ClN2O6. The predicted octanol–water partition coefficient (Wildman–Crippen LogP) is 8.79. The highest BCUT2D eigenvalue weighted by Crippen LogP contribution is 2.33. The summed E-state index contributed by atoms with van der Waals surface area (Å²) in [5.41, 5.74) is 2.14. The van der Waals surface area contributed by atoms with E-state index in [1.165, 1.54) is 29.8 Å². The first-order chi connectivity index (χ1) is 20.2. The van der Waals surface area contributed by atoms with Crippen molar-refractivity contribution in [2.24, 2.45) is 0 Å². The monoisotopic (exact) mass is 582 g/mol. The number of ether oxygens (including phenoxy) is 2. The van der Waals surface area contributed by atoms with Gasteiger partial charge in [0.2, 0.25) is 0 Å². The minimum Gasteiger partial charge on any atom is -0.486 e. The van der Waals surface area contributed by atoms with Crippen LogP contribution in [0.15, 0.2) is 114 Å². The second kappa shape index (κ2) is 12.2. The highest BCUT2D eigenvalue weighted by Gasteiger charge is 2.23. The molecule has 8 nitrogen and oxygen atoms in total. The van der Waals surface area contributed by atoms with Gasteiger partial charge in [-0.2, -0.15) is 0 Å². The molecule has 1 amide bonds. The fraction of sp³-hybridized carbons (Fsp3) is 0.121. The van der Waals surface area contributed by atoms with Gasteiger partial charge in [0, 0.05) is 22.6 Å². The van der Waals surface area contributed by atoms with Gasteiger partial charge in [0.15, 0.2) is 5.76 Å². The van der Waals surface area contributed by atoms with Gasteiger partial charge >= 0.3 is 0 Å². The van der Waals surface area contributed by atoms with Gasteiger partial charge < -0.3 is 19.2 Å². The van der Waals surface area contributed by atoms with Crippen LogP contribution in [0.3, 0.4) is 0 Å². The Morgan fingerprint density at radius 2 is 1.52 bits per heavy atom. The van der Waals surface area contributed by atoms with E-state index in [0.29, 0.717) is 22.3 Å². The van der Waals surface area contributed by atoms with E-state index in [2.05, 4.69) is 31.3 Å².